The monoisotopic (exact) mass is 463 g/mol. The van der Waals surface area contributed by atoms with Crippen molar-refractivity contribution in [3.8, 4) is 11.3 Å². The Hall–Kier alpha value is -3.19. The number of anilines is 1. The first kappa shape index (κ1) is 21.6. The van der Waals surface area contributed by atoms with Gasteiger partial charge in [-0.3, -0.25) is 14.7 Å². The molecule has 5 rings (SSSR count). The summed E-state index contributed by atoms with van der Waals surface area (Å²) in [6, 6.07) is 9.63. The molecule has 0 aliphatic carbocycles. The van der Waals surface area contributed by atoms with Crippen molar-refractivity contribution >= 4 is 29.1 Å². The number of hydrogen-bond donors (Lipinski definition) is 1. The van der Waals surface area contributed by atoms with E-state index in [9.17, 15) is 9.59 Å². The van der Waals surface area contributed by atoms with E-state index < -0.39 is 0 Å². The Morgan fingerprint density at radius 3 is 2.79 bits per heavy atom. The zero-order valence-corrected chi connectivity index (χ0v) is 19.3. The SMILES string of the molecule is CN1C(=O)CCc2cccc(-c3[nH]ncc3CC3CCN(C(=O)c4ncccc4Cl)CC3)c21. The molecule has 2 aromatic heterocycles. The quantitative estimate of drug-likeness (QED) is 0.630. The Kier molecular flexibility index (Phi) is 5.89. The molecule has 3 aromatic rings. The molecule has 2 aliphatic rings. The molecule has 1 fully saturated rings. The van der Waals surface area contributed by atoms with Crippen LogP contribution in [0.15, 0.2) is 42.7 Å². The van der Waals surface area contributed by atoms with Crippen molar-refractivity contribution in [2.75, 3.05) is 25.0 Å². The van der Waals surface area contributed by atoms with E-state index in [1.54, 1.807) is 23.2 Å². The van der Waals surface area contributed by atoms with Crippen LogP contribution in [-0.4, -0.2) is 52.0 Å². The van der Waals surface area contributed by atoms with E-state index in [2.05, 4.69) is 33.4 Å². The van der Waals surface area contributed by atoms with Crippen LogP contribution in [0.25, 0.3) is 11.3 Å². The van der Waals surface area contributed by atoms with Crippen LogP contribution in [-0.2, 0) is 17.6 Å². The number of pyridine rings is 1. The van der Waals surface area contributed by atoms with Crippen LogP contribution in [0.1, 0.15) is 40.9 Å². The van der Waals surface area contributed by atoms with Crippen molar-refractivity contribution < 1.29 is 9.59 Å². The number of amides is 2. The van der Waals surface area contributed by atoms with Gasteiger partial charge in [0.05, 0.1) is 22.6 Å². The van der Waals surface area contributed by atoms with E-state index in [-0.39, 0.29) is 11.8 Å². The molecule has 0 unspecified atom stereocenters. The summed E-state index contributed by atoms with van der Waals surface area (Å²) in [6.45, 7) is 1.36. The van der Waals surface area contributed by atoms with E-state index in [0.717, 1.165) is 48.2 Å². The zero-order chi connectivity index (χ0) is 22.9. The van der Waals surface area contributed by atoms with Gasteiger partial charge in [0.25, 0.3) is 5.91 Å². The lowest BCUT2D eigenvalue weighted by atomic mass is 9.88. The number of likely N-dealkylation sites (tertiary alicyclic amines) is 1. The summed E-state index contributed by atoms with van der Waals surface area (Å²) in [7, 11) is 1.85. The van der Waals surface area contributed by atoms with Crippen LogP contribution < -0.4 is 4.90 Å². The van der Waals surface area contributed by atoms with E-state index in [1.807, 2.05) is 18.1 Å². The van der Waals surface area contributed by atoms with Gasteiger partial charge in [-0.05, 0) is 54.9 Å². The van der Waals surface area contributed by atoms with Crippen molar-refractivity contribution in [1.29, 1.82) is 0 Å². The number of piperidine rings is 1. The standard InChI is InChI=1S/C25H26ClN5O2/c1-30-21(32)8-7-17-4-2-5-19(24(17)30)22-18(15-28-29-22)14-16-9-12-31(13-10-16)25(33)23-20(26)6-3-11-27-23/h2-6,11,15-16H,7-10,12-14H2,1H3,(H,28,29). The van der Waals surface area contributed by atoms with Gasteiger partial charge in [-0.1, -0.05) is 29.8 Å². The molecule has 1 N–H and O–H groups in total. The summed E-state index contributed by atoms with van der Waals surface area (Å²) >= 11 is 6.16. The van der Waals surface area contributed by atoms with Gasteiger partial charge >= 0.3 is 0 Å². The maximum atomic E-state index is 12.8. The Bertz CT molecular complexity index is 1200. The lowest BCUT2D eigenvalue weighted by Gasteiger charge is -2.32. The summed E-state index contributed by atoms with van der Waals surface area (Å²) < 4.78 is 0. The van der Waals surface area contributed by atoms with Gasteiger partial charge in [-0.15, -0.1) is 0 Å². The number of nitrogens with zero attached hydrogens (tertiary/aromatic N) is 4. The number of aromatic nitrogens is 3. The molecule has 0 radical (unpaired) electrons. The predicted octanol–water partition coefficient (Wildman–Crippen LogP) is 4.13. The van der Waals surface area contributed by atoms with Gasteiger partial charge in [-0.25, -0.2) is 4.98 Å². The van der Waals surface area contributed by atoms with Crippen molar-refractivity contribution in [3.63, 3.8) is 0 Å². The smallest absolute Gasteiger partial charge is 0.273 e. The maximum Gasteiger partial charge on any atom is 0.273 e. The number of aryl methyl sites for hydroxylation is 1. The lowest BCUT2D eigenvalue weighted by molar-refractivity contribution is -0.118. The molecule has 2 aliphatic heterocycles. The van der Waals surface area contributed by atoms with Gasteiger partial charge in [0, 0.05) is 38.3 Å². The fraction of sp³-hybridized carbons (Fsp3) is 0.360. The first-order chi connectivity index (χ1) is 16.0. The van der Waals surface area contributed by atoms with E-state index in [0.29, 0.717) is 36.1 Å². The van der Waals surface area contributed by atoms with Gasteiger partial charge in [0.2, 0.25) is 5.91 Å². The Labute approximate surface area is 197 Å². The molecule has 0 spiro atoms. The molecule has 0 atom stereocenters. The first-order valence-corrected chi connectivity index (χ1v) is 11.7. The number of halogens is 1. The van der Waals surface area contributed by atoms with Gasteiger partial charge in [0.1, 0.15) is 5.69 Å². The maximum absolute atomic E-state index is 12.8. The normalized spacial score (nSPS) is 16.7. The molecule has 7 nitrogen and oxygen atoms in total. The van der Waals surface area contributed by atoms with Crippen molar-refractivity contribution in [3.05, 3.63) is 64.6 Å². The molecule has 33 heavy (non-hydrogen) atoms. The Morgan fingerprint density at radius 2 is 2.00 bits per heavy atom. The van der Waals surface area contributed by atoms with Crippen LogP contribution in [0.4, 0.5) is 5.69 Å². The summed E-state index contributed by atoms with van der Waals surface area (Å²) in [6.07, 6.45) is 7.49. The number of aromatic amines is 1. The number of benzene rings is 1. The molecule has 1 saturated heterocycles. The number of para-hydroxylation sites is 1. The Balaban J connectivity index is 1.30. The average molecular weight is 464 g/mol. The number of nitrogens with one attached hydrogen (secondary N) is 1. The van der Waals surface area contributed by atoms with Crippen LogP contribution in [0.2, 0.25) is 5.02 Å². The third-order valence-corrected chi connectivity index (χ3v) is 7.10. The lowest BCUT2D eigenvalue weighted by Crippen LogP contribution is -2.39. The van der Waals surface area contributed by atoms with Crippen LogP contribution in [0, 0.1) is 5.92 Å². The van der Waals surface area contributed by atoms with Crippen LogP contribution in [0.5, 0.6) is 0 Å². The second-order valence-corrected chi connectivity index (χ2v) is 9.22. The minimum Gasteiger partial charge on any atom is -0.337 e. The molecule has 1 aromatic carbocycles. The summed E-state index contributed by atoms with van der Waals surface area (Å²) in [5, 5.41) is 7.90. The van der Waals surface area contributed by atoms with E-state index in [1.165, 1.54) is 5.56 Å². The predicted molar refractivity (Wildman–Crippen MR) is 127 cm³/mol. The number of hydrogen-bond acceptors (Lipinski definition) is 4. The topological polar surface area (TPSA) is 82.2 Å². The molecule has 0 bridgehead atoms. The molecule has 4 heterocycles. The summed E-state index contributed by atoms with van der Waals surface area (Å²) in [5.41, 5.74) is 5.64. The Morgan fingerprint density at radius 1 is 1.18 bits per heavy atom. The highest BCUT2D eigenvalue weighted by Gasteiger charge is 2.28. The molecule has 170 valence electrons. The number of H-pyrrole nitrogens is 1. The minimum atomic E-state index is -0.105. The summed E-state index contributed by atoms with van der Waals surface area (Å²) in [4.78, 5) is 32.9. The average Bonchev–Trinajstić information content (AvgIpc) is 3.29. The van der Waals surface area contributed by atoms with Crippen molar-refractivity contribution in [2.24, 2.45) is 5.92 Å². The van der Waals surface area contributed by atoms with Crippen molar-refractivity contribution in [1.82, 2.24) is 20.1 Å². The molecule has 8 heteroatoms. The van der Waals surface area contributed by atoms with Gasteiger partial charge in [-0.2, -0.15) is 5.10 Å². The second kappa shape index (κ2) is 8.98. The number of rotatable bonds is 4. The van der Waals surface area contributed by atoms with E-state index in [4.69, 9.17) is 11.6 Å². The van der Waals surface area contributed by atoms with Crippen LogP contribution in [0.3, 0.4) is 0 Å². The second-order valence-electron chi connectivity index (χ2n) is 8.81. The number of carbonyl (C=O) groups is 2. The highest BCUT2D eigenvalue weighted by atomic mass is 35.5. The third kappa shape index (κ3) is 4.13. The van der Waals surface area contributed by atoms with E-state index >= 15 is 0 Å². The fourth-order valence-corrected chi connectivity index (χ4v) is 5.17. The first-order valence-electron chi connectivity index (χ1n) is 11.3. The number of carbonyl (C=O) groups excluding carboxylic acids is 2. The number of fused-ring (bicyclic) bond motifs is 1. The third-order valence-electron chi connectivity index (χ3n) is 6.80. The molecular formula is C25H26ClN5O2. The largest absolute Gasteiger partial charge is 0.337 e. The van der Waals surface area contributed by atoms with Gasteiger partial charge in [0.15, 0.2) is 0 Å². The van der Waals surface area contributed by atoms with Crippen molar-refractivity contribution in [2.45, 2.75) is 32.1 Å². The highest BCUT2D eigenvalue weighted by Crippen LogP contribution is 2.38. The highest BCUT2D eigenvalue weighted by molar-refractivity contribution is 6.33. The molecule has 0 saturated carbocycles. The molecular weight excluding hydrogens is 438 g/mol. The zero-order valence-electron chi connectivity index (χ0n) is 18.6. The van der Waals surface area contributed by atoms with Gasteiger partial charge < -0.3 is 9.80 Å². The summed E-state index contributed by atoms with van der Waals surface area (Å²) in [5.74, 6) is 0.483. The molecule has 2 amide bonds. The van der Waals surface area contributed by atoms with Crippen LogP contribution >= 0.6 is 11.6 Å². The minimum absolute atomic E-state index is 0.105. The fourth-order valence-electron chi connectivity index (χ4n) is 4.97.